The Morgan fingerprint density at radius 3 is 2.72 bits per heavy atom. The van der Waals surface area contributed by atoms with E-state index in [2.05, 4.69) is 49.2 Å². The monoisotopic (exact) mass is 248 g/mol. The molecule has 1 fully saturated rings. The zero-order chi connectivity index (χ0) is 13.1. The van der Waals surface area contributed by atoms with Crippen molar-refractivity contribution in [1.82, 2.24) is 5.32 Å². The van der Waals surface area contributed by atoms with Crippen molar-refractivity contribution in [2.24, 2.45) is 5.92 Å². The molecular formula is C15H24N2O. The molecule has 3 heteroatoms. The highest BCUT2D eigenvalue weighted by molar-refractivity contribution is 5.51. The minimum atomic E-state index is 0.177. The average molecular weight is 248 g/mol. The first kappa shape index (κ1) is 13.4. The fourth-order valence-electron chi connectivity index (χ4n) is 2.47. The first-order valence-electron chi connectivity index (χ1n) is 6.76. The van der Waals surface area contributed by atoms with Crippen molar-refractivity contribution >= 4 is 5.69 Å². The number of rotatable bonds is 2. The minimum Gasteiger partial charge on any atom is -0.395 e. The number of benzene rings is 1. The predicted molar refractivity (Wildman–Crippen MR) is 76.2 cm³/mol. The molecule has 2 rings (SSSR count). The van der Waals surface area contributed by atoms with Gasteiger partial charge < -0.3 is 15.3 Å². The maximum atomic E-state index is 9.38. The Hall–Kier alpha value is -1.06. The van der Waals surface area contributed by atoms with Crippen LogP contribution in [0.15, 0.2) is 18.2 Å². The summed E-state index contributed by atoms with van der Waals surface area (Å²) in [5.74, 6) is 0.600. The Bertz CT molecular complexity index is 405. The van der Waals surface area contributed by atoms with Gasteiger partial charge in [0.25, 0.3) is 0 Å². The first-order valence-corrected chi connectivity index (χ1v) is 6.76. The van der Waals surface area contributed by atoms with Gasteiger partial charge in [-0.25, -0.2) is 0 Å². The lowest BCUT2D eigenvalue weighted by atomic mass is 10.1. The van der Waals surface area contributed by atoms with Crippen molar-refractivity contribution in [2.75, 3.05) is 31.1 Å². The summed E-state index contributed by atoms with van der Waals surface area (Å²) in [6.07, 6.45) is 0. The van der Waals surface area contributed by atoms with Crippen LogP contribution in [0.25, 0.3) is 0 Å². The van der Waals surface area contributed by atoms with Gasteiger partial charge in [-0.2, -0.15) is 0 Å². The molecule has 2 atom stereocenters. The van der Waals surface area contributed by atoms with Gasteiger partial charge in [0.15, 0.2) is 0 Å². The van der Waals surface area contributed by atoms with Crippen molar-refractivity contribution in [3.63, 3.8) is 0 Å². The number of aryl methyl sites for hydroxylation is 2. The molecule has 0 amide bonds. The number of nitrogens with one attached hydrogen (secondary N) is 1. The van der Waals surface area contributed by atoms with E-state index in [0.29, 0.717) is 5.92 Å². The zero-order valence-corrected chi connectivity index (χ0v) is 11.6. The van der Waals surface area contributed by atoms with Crippen LogP contribution in [0.1, 0.15) is 18.1 Å². The maximum Gasteiger partial charge on any atom is 0.0601 e. The number of aliphatic hydroxyl groups excluding tert-OH is 1. The van der Waals surface area contributed by atoms with E-state index in [1.807, 2.05) is 0 Å². The number of hydrogen-bond donors (Lipinski definition) is 2. The molecular weight excluding hydrogens is 224 g/mol. The van der Waals surface area contributed by atoms with E-state index in [1.54, 1.807) is 0 Å². The van der Waals surface area contributed by atoms with Gasteiger partial charge in [0, 0.05) is 24.8 Å². The maximum absolute atomic E-state index is 9.38. The van der Waals surface area contributed by atoms with E-state index in [1.165, 1.54) is 16.8 Å². The quantitative estimate of drug-likeness (QED) is 0.836. The number of hydrogen-bond acceptors (Lipinski definition) is 3. The Morgan fingerprint density at radius 2 is 2.06 bits per heavy atom. The van der Waals surface area contributed by atoms with E-state index in [4.69, 9.17) is 0 Å². The Labute approximate surface area is 110 Å². The van der Waals surface area contributed by atoms with Crippen LogP contribution in [0, 0.1) is 19.8 Å². The molecule has 1 heterocycles. The van der Waals surface area contributed by atoms with Crippen LogP contribution in [0.2, 0.25) is 0 Å². The summed E-state index contributed by atoms with van der Waals surface area (Å²) in [5, 5.41) is 12.8. The highest BCUT2D eigenvalue weighted by Crippen LogP contribution is 2.21. The van der Waals surface area contributed by atoms with Gasteiger partial charge in [-0.05, 0) is 49.6 Å². The molecule has 1 aliphatic rings. The van der Waals surface area contributed by atoms with Crippen molar-refractivity contribution < 1.29 is 5.11 Å². The summed E-state index contributed by atoms with van der Waals surface area (Å²) in [7, 11) is 0. The van der Waals surface area contributed by atoms with Gasteiger partial charge in [0.05, 0.1) is 6.61 Å². The highest BCUT2D eigenvalue weighted by atomic mass is 16.3. The van der Waals surface area contributed by atoms with Gasteiger partial charge in [-0.15, -0.1) is 0 Å². The molecule has 2 N–H and O–H groups in total. The topological polar surface area (TPSA) is 35.5 Å². The van der Waals surface area contributed by atoms with Gasteiger partial charge in [-0.3, -0.25) is 0 Å². The Kier molecular flexibility index (Phi) is 4.25. The predicted octanol–water partition coefficient (Wildman–Crippen LogP) is 1.71. The van der Waals surface area contributed by atoms with E-state index in [0.717, 1.165) is 19.6 Å². The van der Waals surface area contributed by atoms with Crippen molar-refractivity contribution in [3.8, 4) is 0 Å². The zero-order valence-electron chi connectivity index (χ0n) is 11.6. The van der Waals surface area contributed by atoms with Crippen LogP contribution >= 0.6 is 0 Å². The second-order valence-corrected chi connectivity index (χ2v) is 5.57. The molecule has 1 aliphatic heterocycles. The third-order valence-corrected chi connectivity index (χ3v) is 3.80. The van der Waals surface area contributed by atoms with Crippen LogP contribution < -0.4 is 10.2 Å². The molecule has 0 radical (unpaired) electrons. The molecule has 1 aromatic carbocycles. The Balaban J connectivity index is 2.20. The van der Waals surface area contributed by atoms with Crippen LogP contribution in [0.3, 0.4) is 0 Å². The SMILES string of the molecule is Cc1ccc(N2CC(C)CNC(CO)C2)cc1C. The first-order chi connectivity index (χ1) is 8.60. The van der Waals surface area contributed by atoms with E-state index >= 15 is 0 Å². The molecule has 0 bridgehead atoms. The summed E-state index contributed by atoms with van der Waals surface area (Å²) in [4.78, 5) is 2.39. The lowest BCUT2D eigenvalue weighted by Gasteiger charge is -2.27. The average Bonchev–Trinajstić information content (AvgIpc) is 2.54. The van der Waals surface area contributed by atoms with Gasteiger partial charge >= 0.3 is 0 Å². The Morgan fingerprint density at radius 1 is 1.28 bits per heavy atom. The lowest BCUT2D eigenvalue weighted by Crippen LogP contribution is -2.40. The van der Waals surface area contributed by atoms with E-state index in [9.17, 15) is 5.11 Å². The smallest absolute Gasteiger partial charge is 0.0601 e. The van der Waals surface area contributed by atoms with Crippen LogP contribution in [0.4, 0.5) is 5.69 Å². The minimum absolute atomic E-state index is 0.177. The second-order valence-electron chi connectivity index (χ2n) is 5.57. The van der Waals surface area contributed by atoms with E-state index < -0.39 is 0 Å². The third kappa shape index (κ3) is 3.03. The molecule has 1 aromatic rings. The number of anilines is 1. The van der Waals surface area contributed by atoms with Gasteiger partial charge in [-0.1, -0.05) is 13.0 Å². The van der Waals surface area contributed by atoms with Crippen LogP contribution in [0.5, 0.6) is 0 Å². The van der Waals surface area contributed by atoms with Gasteiger partial charge in [0.1, 0.15) is 0 Å². The molecule has 3 nitrogen and oxygen atoms in total. The molecule has 0 saturated carbocycles. The van der Waals surface area contributed by atoms with Crippen LogP contribution in [-0.2, 0) is 0 Å². The third-order valence-electron chi connectivity index (χ3n) is 3.80. The second kappa shape index (κ2) is 5.72. The molecule has 0 aromatic heterocycles. The molecule has 18 heavy (non-hydrogen) atoms. The number of nitrogens with zero attached hydrogens (tertiary/aromatic N) is 1. The lowest BCUT2D eigenvalue weighted by molar-refractivity contribution is 0.247. The standard InChI is InChI=1S/C15H24N2O/c1-11-7-16-14(10-18)9-17(8-11)15-5-4-12(2)13(3)6-15/h4-6,11,14,16,18H,7-10H2,1-3H3. The molecule has 100 valence electrons. The normalized spacial score (nSPS) is 25.0. The molecule has 2 unspecified atom stereocenters. The van der Waals surface area contributed by atoms with E-state index in [-0.39, 0.29) is 12.6 Å². The summed E-state index contributed by atoms with van der Waals surface area (Å²) in [5.41, 5.74) is 3.93. The summed E-state index contributed by atoms with van der Waals surface area (Å²) >= 11 is 0. The summed E-state index contributed by atoms with van der Waals surface area (Å²) < 4.78 is 0. The number of aliphatic hydroxyl groups is 1. The molecule has 1 saturated heterocycles. The summed E-state index contributed by atoms with van der Waals surface area (Å²) in [6.45, 7) is 9.65. The highest BCUT2D eigenvalue weighted by Gasteiger charge is 2.21. The summed E-state index contributed by atoms with van der Waals surface area (Å²) in [6, 6.07) is 6.80. The molecule has 0 aliphatic carbocycles. The fraction of sp³-hybridized carbons (Fsp3) is 0.600. The fourth-order valence-corrected chi connectivity index (χ4v) is 2.47. The van der Waals surface area contributed by atoms with Crippen LogP contribution in [-0.4, -0.2) is 37.4 Å². The van der Waals surface area contributed by atoms with Gasteiger partial charge in [0.2, 0.25) is 0 Å². The van der Waals surface area contributed by atoms with Crippen molar-refractivity contribution in [3.05, 3.63) is 29.3 Å². The van der Waals surface area contributed by atoms with Crippen molar-refractivity contribution in [2.45, 2.75) is 26.8 Å². The molecule has 0 spiro atoms. The largest absolute Gasteiger partial charge is 0.395 e. The van der Waals surface area contributed by atoms with Crippen molar-refractivity contribution in [1.29, 1.82) is 0 Å².